The molecule has 1 rings (SSSR count). The van der Waals surface area contributed by atoms with Crippen LogP contribution in [-0.4, -0.2) is 24.7 Å². The van der Waals surface area contributed by atoms with Crippen molar-refractivity contribution < 1.29 is 74.3 Å². The van der Waals surface area contributed by atoms with E-state index in [1.165, 1.54) is 32.0 Å². The first-order chi connectivity index (χ1) is 8.21. The molecule has 1 aromatic rings. The summed E-state index contributed by atoms with van der Waals surface area (Å²) in [5.74, 6) is -1.12. The van der Waals surface area contributed by atoms with Crippen LogP contribution in [0, 0.1) is 6.92 Å². The summed E-state index contributed by atoms with van der Waals surface area (Å²) in [6.45, 7) is 2.70. The quantitative estimate of drug-likeness (QED) is 0.289. The minimum Gasteiger partial charge on any atom is -0.861 e. The van der Waals surface area contributed by atoms with Gasteiger partial charge in [0.05, 0.1) is 5.69 Å². The molecule has 1 aromatic carbocycles. The summed E-state index contributed by atoms with van der Waals surface area (Å²) in [4.78, 5) is 13.9. The fraction of sp³-hybridized carbons (Fsp3) is 0.273. The van der Waals surface area contributed by atoms with Crippen molar-refractivity contribution in [3.8, 4) is 0 Å². The molecule has 0 aliphatic carbocycles. The van der Waals surface area contributed by atoms with Crippen molar-refractivity contribution in [2.45, 2.75) is 25.2 Å². The molecule has 19 heavy (non-hydrogen) atoms. The van der Waals surface area contributed by atoms with Gasteiger partial charge in [0.15, 0.2) is 0 Å². The van der Waals surface area contributed by atoms with Crippen LogP contribution in [-0.2, 0) is 14.9 Å². The van der Waals surface area contributed by atoms with Crippen LogP contribution in [0.15, 0.2) is 28.1 Å². The topological polar surface area (TPSA) is 107 Å². The monoisotopic (exact) mass is 309 g/mol. The zero-order chi connectivity index (χ0) is 13.9. The maximum atomic E-state index is 11.3. The largest absolute Gasteiger partial charge is 1.00 e. The maximum absolute atomic E-state index is 11.3. The van der Waals surface area contributed by atoms with Gasteiger partial charge in [-0.05, 0) is 31.4 Å². The van der Waals surface area contributed by atoms with Crippen LogP contribution in [0.1, 0.15) is 18.9 Å². The number of aliphatic imine (C=N–C) groups is 1. The predicted molar refractivity (Wildman–Crippen MR) is 63.4 cm³/mol. The van der Waals surface area contributed by atoms with Gasteiger partial charge in [-0.15, -0.1) is 0 Å². The molecule has 0 aliphatic heterocycles. The summed E-state index contributed by atoms with van der Waals surface area (Å²) in [5.41, 5.74) is 0.109. The van der Waals surface area contributed by atoms with Crippen molar-refractivity contribution in [1.82, 2.24) is 0 Å². The Morgan fingerprint density at radius 1 is 1.42 bits per heavy atom. The molecule has 0 radical (unpaired) electrons. The summed E-state index contributed by atoms with van der Waals surface area (Å²) in [6, 6.07) is 4.26. The Balaban J connectivity index is 0.00000324. The second-order valence-corrected chi connectivity index (χ2v) is 5.14. The standard InChI is InChI=1S/C11H13NO5S.K/c1-7-4-3-5-9(11(7)18(15,16)17)12-10(14)6-8(2)13;/h3-5H,6H2,1-2H3,(H,12,14)(H,15,16,17);/q;+1/p-1. The molecule has 0 saturated heterocycles. The smallest absolute Gasteiger partial charge is 0.861 e. The predicted octanol–water partition coefficient (Wildman–Crippen LogP) is -2.38. The van der Waals surface area contributed by atoms with Crippen LogP contribution >= 0.6 is 0 Å². The molecule has 0 aliphatic rings. The van der Waals surface area contributed by atoms with Crippen LogP contribution in [0.25, 0.3) is 0 Å². The Hall–Kier alpha value is -0.0936. The first-order valence-electron chi connectivity index (χ1n) is 5.03. The average Bonchev–Trinajstić information content (AvgIpc) is 2.13. The van der Waals surface area contributed by atoms with E-state index in [0.717, 1.165) is 0 Å². The van der Waals surface area contributed by atoms with Crippen molar-refractivity contribution in [2.24, 2.45) is 4.99 Å². The Labute approximate surface area is 154 Å². The van der Waals surface area contributed by atoms with E-state index in [1.807, 2.05) is 0 Å². The van der Waals surface area contributed by atoms with E-state index in [0.29, 0.717) is 0 Å². The molecule has 0 spiro atoms. The molecule has 6 nitrogen and oxygen atoms in total. The minimum atomic E-state index is -4.47. The van der Waals surface area contributed by atoms with Gasteiger partial charge in [-0.25, -0.2) is 0 Å². The summed E-state index contributed by atoms with van der Waals surface area (Å²) in [6.07, 6.45) is -0.404. The summed E-state index contributed by atoms with van der Waals surface area (Å²) in [7, 11) is -4.47. The maximum Gasteiger partial charge on any atom is 1.00 e. The number of aryl methyl sites for hydroxylation is 1. The van der Waals surface area contributed by atoms with Crippen LogP contribution in [0.5, 0.6) is 0 Å². The van der Waals surface area contributed by atoms with E-state index in [9.17, 15) is 18.3 Å². The molecule has 0 bridgehead atoms. The van der Waals surface area contributed by atoms with Crippen LogP contribution in [0.2, 0.25) is 0 Å². The van der Waals surface area contributed by atoms with Gasteiger partial charge in [0, 0.05) is 6.42 Å². The van der Waals surface area contributed by atoms with Crippen molar-refractivity contribution in [3.63, 3.8) is 0 Å². The second kappa shape index (κ2) is 7.63. The van der Waals surface area contributed by atoms with E-state index in [4.69, 9.17) is 4.55 Å². The normalized spacial score (nSPS) is 11.8. The molecule has 0 saturated carbocycles. The Kier molecular flexibility index (Phi) is 7.59. The number of hydrogen-bond donors (Lipinski definition) is 1. The zero-order valence-electron chi connectivity index (χ0n) is 10.9. The van der Waals surface area contributed by atoms with Gasteiger partial charge in [-0.2, -0.15) is 8.42 Å². The third kappa shape index (κ3) is 5.82. The number of benzene rings is 1. The zero-order valence-corrected chi connectivity index (χ0v) is 14.8. The van der Waals surface area contributed by atoms with Crippen molar-refractivity contribution in [2.75, 3.05) is 0 Å². The van der Waals surface area contributed by atoms with Crippen molar-refractivity contribution >= 4 is 27.5 Å². The number of carbonyl (C=O) groups is 1. The number of rotatable bonds is 4. The first-order valence-corrected chi connectivity index (χ1v) is 6.47. The molecule has 0 atom stereocenters. The Bertz CT molecular complexity index is 610. The van der Waals surface area contributed by atoms with Crippen LogP contribution in [0.3, 0.4) is 0 Å². The third-order valence-electron chi connectivity index (χ3n) is 2.09. The molecule has 0 aromatic heterocycles. The molecular weight excluding hydrogens is 297 g/mol. The molecular formula is C11H12KNO5S. The van der Waals surface area contributed by atoms with Gasteiger partial charge in [0.25, 0.3) is 10.1 Å². The fourth-order valence-electron chi connectivity index (χ4n) is 1.45. The molecule has 8 heteroatoms. The number of hydrogen-bond acceptors (Lipinski definition) is 5. The molecule has 98 valence electrons. The summed E-state index contributed by atoms with van der Waals surface area (Å²) >= 11 is 0. The fourth-order valence-corrected chi connectivity index (χ4v) is 2.30. The molecule has 0 unspecified atom stereocenters. The van der Waals surface area contributed by atoms with Gasteiger partial charge < -0.3 is 5.11 Å². The first kappa shape index (κ1) is 18.9. The molecule has 0 fully saturated rings. The van der Waals surface area contributed by atoms with E-state index in [-0.39, 0.29) is 68.4 Å². The van der Waals surface area contributed by atoms with Crippen molar-refractivity contribution in [3.05, 3.63) is 23.8 Å². The Morgan fingerprint density at radius 2 is 2.00 bits per heavy atom. The van der Waals surface area contributed by atoms with Gasteiger partial charge in [0.2, 0.25) is 0 Å². The van der Waals surface area contributed by atoms with Crippen LogP contribution < -0.4 is 56.5 Å². The molecule has 0 amide bonds. The minimum absolute atomic E-state index is 0. The number of ketones is 1. The van der Waals surface area contributed by atoms with Gasteiger partial charge in [-0.1, -0.05) is 12.1 Å². The summed E-state index contributed by atoms with van der Waals surface area (Å²) < 4.78 is 31.5. The van der Waals surface area contributed by atoms with Crippen molar-refractivity contribution in [1.29, 1.82) is 0 Å². The van der Waals surface area contributed by atoms with Gasteiger partial charge in [-0.3, -0.25) is 14.3 Å². The third-order valence-corrected chi connectivity index (χ3v) is 3.14. The van der Waals surface area contributed by atoms with E-state index in [1.54, 1.807) is 0 Å². The van der Waals surface area contributed by atoms with Crippen LogP contribution in [0.4, 0.5) is 5.69 Å². The Morgan fingerprint density at radius 3 is 2.47 bits per heavy atom. The van der Waals surface area contributed by atoms with E-state index < -0.39 is 27.3 Å². The molecule has 0 heterocycles. The van der Waals surface area contributed by atoms with E-state index >= 15 is 0 Å². The van der Waals surface area contributed by atoms with E-state index in [2.05, 4.69) is 4.99 Å². The average molecular weight is 309 g/mol. The van der Waals surface area contributed by atoms with Gasteiger partial charge >= 0.3 is 51.4 Å². The number of carbonyl (C=O) groups excluding carboxylic acids is 1. The number of nitrogens with zero attached hydrogens (tertiary/aromatic N) is 1. The SMILES string of the molecule is CC(=O)CC([O-])=Nc1cccc(C)c1S(=O)(=O)O.[K+]. The second-order valence-electron chi connectivity index (χ2n) is 3.78. The number of Topliss-reactive ketones (excluding diaryl/α,β-unsaturated/α-hetero) is 1. The molecule has 1 N–H and O–H groups in total. The van der Waals surface area contributed by atoms with Gasteiger partial charge in [0.1, 0.15) is 10.7 Å². The summed E-state index contributed by atoms with van der Waals surface area (Å²) in [5, 5.41) is 11.3.